The van der Waals surface area contributed by atoms with Gasteiger partial charge in [-0.1, -0.05) is 53.2 Å². The Morgan fingerprint density at radius 3 is 2.57 bits per heavy atom. The fourth-order valence-corrected chi connectivity index (χ4v) is 5.47. The molecule has 142 valence electrons. The number of hydrogen-bond donors (Lipinski definition) is 0. The summed E-state index contributed by atoms with van der Waals surface area (Å²) >= 11 is 14.2. The first-order chi connectivity index (χ1) is 13.5. The summed E-state index contributed by atoms with van der Waals surface area (Å²) in [5.74, 6) is 0.222. The van der Waals surface area contributed by atoms with Crippen molar-refractivity contribution < 1.29 is 4.79 Å². The van der Waals surface area contributed by atoms with E-state index in [-0.39, 0.29) is 12.3 Å². The Balaban J connectivity index is 1.71. The topological polar surface area (TPSA) is 47.3 Å². The van der Waals surface area contributed by atoms with Crippen molar-refractivity contribution in [1.82, 2.24) is 4.90 Å². The van der Waals surface area contributed by atoms with Crippen molar-refractivity contribution in [1.29, 1.82) is 5.26 Å². The summed E-state index contributed by atoms with van der Waals surface area (Å²) in [6.45, 7) is 2.47. The Kier molecular flexibility index (Phi) is 5.29. The second-order valence-electron chi connectivity index (χ2n) is 6.84. The SMILES string of the molecule is Cc1cccc(N2CSC3=C(C#N)C(c4c(Cl)cccc4Cl)CC(=O)N3C2)c1. The molecule has 2 heterocycles. The van der Waals surface area contributed by atoms with Crippen molar-refractivity contribution in [3.05, 3.63) is 74.2 Å². The number of carbonyl (C=O) groups is 1. The average Bonchev–Trinajstić information content (AvgIpc) is 2.68. The van der Waals surface area contributed by atoms with Crippen LogP contribution in [-0.2, 0) is 4.79 Å². The predicted octanol–water partition coefficient (Wildman–Crippen LogP) is 5.52. The van der Waals surface area contributed by atoms with E-state index in [2.05, 4.69) is 17.0 Å². The summed E-state index contributed by atoms with van der Waals surface area (Å²) in [5.41, 5.74) is 3.45. The lowest BCUT2D eigenvalue weighted by molar-refractivity contribution is -0.129. The zero-order valence-electron chi connectivity index (χ0n) is 15.2. The Bertz CT molecular complexity index is 1010. The maximum atomic E-state index is 13.0. The van der Waals surface area contributed by atoms with E-state index in [0.29, 0.717) is 38.8 Å². The molecule has 0 aliphatic carbocycles. The highest BCUT2D eigenvalue weighted by atomic mass is 35.5. The van der Waals surface area contributed by atoms with Crippen molar-refractivity contribution in [3.8, 4) is 6.07 Å². The highest BCUT2D eigenvalue weighted by Gasteiger charge is 2.39. The van der Waals surface area contributed by atoms with Gasteiger partial charge in [-0.2, -0.15) is 5.26 Å². The molecular formula is C21H17Cl2N3OS. The summed E-state index contributed by atoms with van der Waals surface area (Å²) in [6.07, 6.45) is 0.179. The largest absolute Gasteiger partial charge is 0.344 e. The number of nitrogens with zero attached hydrogens (tertiary/aromatic N) is 3. The van der Waals surface area contributed by atoms with E-state index < -0.39 is 5.92 Å². The predicted molar refractivity (Wildman–Crippen MR) is 114 cm³/mol. The smallest absolute Gasteiger partial charge is 0.229 e. The molecule has 0 N–H and O–H groups in total. The number of carbonyl (C=O) groups excluding carboxylic acids is 1. The number of benzene rings is 2. The minimum Gasteiger partial charge on any atom is -0.344 e. The van der Waals surface area contributed by atoms with Gasteiger partial charge in [-0.05, 0) is 42.3 Å². The molecule has 0 saturated carbocycles. The molecule has 28 heavy (non-hydrogen) atoms. The Labute approximate surface area is 178 Å². The van der Waals surface area contributed by atoms with E-state index in [0.717, 1.165) is 5.69 Å². The van der Waals surface area contributed by atoms with E-state index in [4.69, 9.17) is 23.2 Å². The highest BCUT2D eigenvalue weighted by molar-refractivity contribution is 8.03. The lowest BCUT2D eigenvalue weighted by Gasteiger charge is -2.42. The molecule has 2 aromatic rings. The van der Waals surface area contributed by atoms with Gasteiger partial charge in [0.25, 0.3) is 0 Å². The molecule has 0 bridgehead atoms. The van der Waals surface area contributed by atoms with Gasteiger partial charge in [0.05, 0.1) is 29.2 Å². The van der Waals surface area contributed by atoms with Crippen LogP contribution in [-0.4, -0.2) is 23.4 Å². The van der Waals surface area contributed by atoms with Gasteiger partial charge in [0.15, 0.2) is 0 Å². The normalized spacial score (nSPS) is 19.5. The summed E-state index contributed by atoms with van der Waals surface area (Å²) < 4.78 is 0. The van der Waals surface area contributed by atoms with Crippen molar-refractivity contribution >= 4 is 46.6 Å². The molecule has 1 unspecified atom stereocenters. The minimum atomic E-state index is -0.414. The average molecular weight is 430 g/mol. The first-order valence-corrected chi connectivity index (χ1v) is 10.6. The summed E-state index contributed by atoms with van der Waals surface area (Å²) in [6, 6.07) is 15.8. The molecule has 2 aliphatic heterocycles. The maximum Gasteiger partial charge on any atom is 0.229 e. The van der Waals surface area contributed by atoms with Crippen LogP contribution in [0.4, 0.5) is 5.69 Å². The van der Waals surface area contributed by atoms with Crippen LogP contribution in [0, 0.1) is 18.3 Å². The standard InChI is InChI=1S/C21H17Cl2N3OS/c1-13-4-2-5-14(8-13)25-11-26-19(27)9-15(16(10-24)21(26)28-12-25)20-17(22)6-3-7-18(20)23/h2-8,15H,9,11-12H2,1H3. The number of nitriles is 1. The Hall–Kier alpha value is -2.13. The van der Waals surface area contributed by atoms with E-state index in [1.54, 1.807) is 23.1 Å². The van der Waals surface area contributed by atoms with Crippen LogP contribution in [0.5, 0.6) is 0 Å². The minimum absolute atomic E-state index is 0.0279. The number of thioether (sulfide) groups is 1. The lowest BCUT2D eigenvalue weighted by atomic mass is 9.86. The van der Waals surface area contributed by atoms with Crippen molar-refractivity contribution in [2.75, 3.05) is 17.4 Å². The van der Waals surface area contributed by atoms with Gasteiger partial charge in [-0.15, -0.1) is 0 Å². The molecule has 4 nitrogen and oxygen atoms in total. The molecule has 7 heteroatoms. The van der Waals surface area contributed by atoms with E-state index in [9.17, 15) is 10.1 Å². The van der Waals surface area contributed by atoms with Gasteiger partial charge in [0, 0.05) is 28.1 Å². The van der Waals surface area contributed by atoms with Crippen molar-refractivity contribution in [3.63, 3.8) is 0 Å². The maximum absolute atomic E-state index is 13.0. The van der Waals surface area contributed by atoms with Crippen LogP contribution in [0.2, 0.25) is 10.0 Å². The van der Waals surface area contributed by atoms with Gasteiger partial charge < -0.3 is 4.90 Å². The third kappa shape index (κ3) is 3.37. The van der Waals surface area contributed by atoms with Gasteiger partial charge in [0.1, 0.15) is 0 Å². The number of halogens is 2. The Morgan fingerprint density at radius 1 is 1.18 bits per heavy atom. The summed E-state index contributed by atoms with van der Waals surface area (Å²) in [7, 11) is 0. The molecule has 4 rings (SSSR count). The number of rotatable bonds is 2. The molecular weight excluding hydrogens is 413 g/mol. The molecule has 0 spiro atoms. The monoisotopic (exact) mass is 429 g/mol. The second kappa shape index (κ2) is 7.71. The zero-order valence-corrected chi connectivity index (χ0v) is 17.5. The van der Waals surface area contributed by atoms with E-state index in [1.807, 2.05) is 25.1 Å². The quantitative estimate of drug-likeness (QED) is 0.630. The van der Waals surface area contributed by atoms with Crippen LogP contribution >= 0.6 is 35.0 Å². The zero-order chi connectivity index (χ0) is 19.8. The molecule has 0 radical (unpaired) electrons. The number of anilines is 1. The van der Waals surface area contributed by atoms with Crippen LogP contribution in [0.3, 0.4) is 0 Å². The van der Waals surface area contributed by atoms with Crippen molar-refractivity contribution in [2.24, 2.45) is 0 Å². The third-order valence-corrected chi connectivity index (χ3v) is 6.82. The Morgan fingerprint density at radius 2 is 1.89 bits per heavy atom. The molecule has 2 aliphatic rings. The first kappa shape index (κ1) is 19.2. The van der Waals surface area contributed by atoms with Crippen LogP contribution in [0.15, 0.2) is 53.1 Å². The molecule has 1 atom stereocenters. The summed E-state index contributed by atoms with van der Waals surface area (Å²) in [4.78, 5) is 16.8. The van der Waals surface area contributed by atoms with Gasteiger partial charge in [-0.3, -0.25) is 9.69 Å². The number of hydrogen-bond acceptors (Lipinski definition) is 4. The third-order valence-electron chi connectivity index (χ3n) is 5.01. The molecule has 1 amide bonds. The molecule has 2 aromatic carbocycles. The fourth-order valence-electron chi connectivity index (χ4n) is 3.64. The molecule has 1 fully saturated rings. The first-order valence-electron chi connectivity index (χ1n) is 8.82. The molecule has 0 aromatic heterocycles. The van der Waals surface area contributed by atoms with Crippen molar-refractivity contribution in [2.45, 2.75) is 19.3 Å². The van der Waals surface area contributed by atoms with Gasteiger partial charge >= 0.3 is 0 Å². The van der Waals surface area contributed by atoms with Crippen LogP contribution in [0.25, 0.3) is 0 Å². The number of fused-ring (bicyclic) bond motifs is 1. The van der Waals surface area contributed by atoms with Crippen LogP contribution < -0.4 is 4.90 Å². The van der Waals surface area contributed by atoms with E-state index in [1.165, 1.54) is 17.3 Å². The van der Waals surface area contributed by atoms with E-state index >= 15 is 0 Å². The number of allylic oxidation sites excluding steroid dienone is 1. The fraction of sp³-hybridized carbons (Fsp3) is 0.238. The molecule has 1 saturated heterocycles. The van der Waals surface area contributed by atoms with Crippen LogP contribution in [0.1, 0.15) is 23.5 Å². The second-order valence-corrected chi connectivity index (χ2v) is 8.59. The number of amides is 1. The van der Waals surface area contributed by atoms with Gasteiger partial charge in [-0.25, -0.2) is 0 Å². The highest BCUT2D eigenvalue weighted by Crippen LogP contribution is 2.46. The lowest BCUT2D eigenvalue weighted by Crippen LogP contribution is -2.47. The number of aryl methyl sites for hydroxylation is 1. The van der Waals surface area contributed by atoms with Gasteiger partial charge in [0.2, 0.25) is 5.91 Å². The summed E-state index contributed by atoms with van der Waals surface area (Å²) in [5, 5.41) is 11.6.